The summed E-state index contributed by atoms with van der Waals surface area (Å²) >= 11 is 6.10. The first-order valence-corrected chi connectivity index (χ1v) is 9.47. The molecule has 2 nitrogen and oxygen atoms in total. The zero-order valence-electron chi connectivity index (χ0n) is 12.5. The van der Waals surface area contributed by atoms with Gasteiger partial charge in [-0.2, -0.15) is 12.6 Å². The molecule has 1 aromatic heterocycles. The summed E-state index contributed by atoms with van der Waals surface area (Å²) in [7, 11) is 0. The van der Waals surface area contributed by atoms with Gasteiger partial charge in [0.15, 0.2) is 0 Å². The molecular formula is C17H24N2S2. The van der Waals surface area contributed by atoms with Crippen LogP contribution in [-0.2, 0) is 0 Å². The molecule has 0 aliphatic heterocycles. The molecule has 0 unspecified atom stereocenters. The van der Waals surface area contributed by atoms with Crippen LogP contribution in [0.4, 0.5) is 0 Å². The van der Waals surface area contributed by atoms with Gasteiger partial charge >= 0.3 is 0 Å². The van der Waals surface area contributed by atoms with Crippen LogP contribution in [0.15, 0.2) is 35.6 Å². The maximum absolute atomic E-state index is 4.42. The lowest BCUT2D eigenvalue weighted by atomic mass is 10.1. The molecular weight excluding hydrogens is 296 g/mol. The fraction of sp³-hybridized carbons (Fsp3) is 0.529. The molecule has 0 radical (unpaired) electrons. The van der Waals surface area contributed by atoms with Crippen molar-refractivity contribution in [1.82, 2.24) is 9.97 Å². The SMILES string of the molecule is SCCCCCCCCCSc1ncnc2ccccc12. The third-order valence-electron chi connectivity index (χ3n) is 3.55. The maximum Gasteiger partial charge on any atom is 0.117 e. The van der Waals surface area contributed by atoms with Gasteiger partial charge in [0, 0.05) is 5.39 Å². The van der Waals surface area contributed by atoms with Crippen LogP contribution >= 0.6 is 24.4 Å². The van der Waals surface area contributed by atoms with Crippen molar-refractivity contribution in [2.45, 2.75) is 50.0 Å². The normalized spacial score (nSPS) is 11.1. The molecule has 0 spiro atoms. The van der Waals surface area contributed by atoms with Gasteiger partial charge < -0.3 is 0 Å². The van der Waals surface area contributed by atoms with E-state index in [0.717, 1.165) is 22.0 Å². The van der Waals surface area contributed by atoms with E-state index >= 15 is 0 Å². The van der Waals surface area contributed by atoms with E-state index in [1.807, 2.05) is 23.9 Å². The average Bonchev–Trinajstić information content (AvgIpc) is 2.53. The topological polar surface area (TPSA) is 25.8 Å². The summed E-state index contributed by atoms with van der Waals surface area (Å²) in [5, 5.41) is 2.30. The Hall–Kier alpha value is -0.740. The lowest BCUT2D eigenvalue weighted by Crippen LogP contribution is -1.88. The summed E-state index contributed by atoms with van der Waals surface area (Å²) in [6, 6.07) is 8.24. The van der Waals surface area contributed by atoms with Gasteiger partial charge in [-0.05, 0) is 30.4 Å². The number of hydrogen-bond acceptors (Lipinski definition) is 4. The monoisotopic (exact) mass is 320 g/mol. The van der Waals surface area contributed by atoms with E-state index in [0.29, 0.717) is 0 Å². The Bertz CT molecular complexity index is 526. The highest BCUT2D eigenvalue weighted by Crippen LogP contribution is 2.25. The molecule has 1 heterocycles. The molecule has 0 saturated carbocycles. The van der Waals surface area contributed by atoms with Crippen LogP contribution < -0.4 is 0 Å². The highest BCUT2D eigenvalue weighted by atomic mass is 32.2. The van der Waals surface area contributed by atoms with Crippen LogP contribution in [0.2, 0.25) is 0 Å². The van der Waals surface area contributed by atoms with E-state index in [9.17, 15) is 0 Å². The number of aromatic nitrogens is 2. The van der Waals surface area contributed by atoms with Gasteiger partial charge in [-0.15, -0.1) is 11.8 Å². The maximum atomic E-state index is 4.42. The number of fused-ring (bicyclic) bond motifs is 1. The predicted molar refractivity (Wildman–Crippen MR) is 96.4 cm³/mol. The number of hydrogen-bond donors (Lipinski definition) is 1. The quantitative estimate of drug-likeness (QED) is 0.275. The molecule has 0 bridgehead atoms. The molecule has 0 fully saturated rings. The second-order valence-corrected chi connectivity index (χ2v) is 6.77. The smallest absolute Gasteiger partial charge is 0.117 e. The van der Waals surface area contributed by atoms with Gasteiger partial charge in [-0.3, -0.25) is 0 Å². The number of thioether (sulfide) groups is 1. The molecule has 2 rings (SSSR count). The highest BCUT2D eigenvalue weighted by Gasteiger charge is 2.03. The zero-order chi connectivity index (χ0) is 14.8. The fourth-order valence-electron chi connectivity index (χ4n) is 2.36. The minimum absolute atomic E-state index is 1.03. The molecule has 0 saturated heterocycles. The zero-order valence-corrected chi connectivity index (χ0v) is 14.2. The first-order valence-electron chi connectivity index (χ1n) is 7.85. The summed E-state index contributed by atoms with van der Waals surface area (Å²) in [4.78, 5) is 8.72. The van der Waals surface area contributed by atoms with Crippen molar-refractivity contribution < 1.29 is 0 Å². The molecule has 2 aromatic rings. The molecule has 4 heteroatoms. The van der Waals surface area contributed by atoms with E-state index in [-0.39, 0.29) is 0 Å². The van der Waals surface area contributed by atoms with Crippen LogP contribution in [0.1, 0.15) is 44.9 Å². The summed E-state index contributed by atoms with van der Waals surface area (Å²) in [5.41, 5.74) is 1.04. The predicted octanol–water partition coefficient (Wildman–Crippen LogP) is 5.38. The Morgan fingerprint density at radius 3 is 2.38 bits per heavy atom. The van der Waals surface area contributed by atoms with Crippen molar-refractivity contribution in [1.29, 1.82) is 0 Å². The number of thiol groups is 1. The van der Waals surface area contributed by atoms with Crippen LogP contribution in [0.25, 0.3) is 10.9 Å². The Morgan fingerprint density at radius 1 is 0.857 bits per heavy atom. The lowest BCUT2D eigenvalue weighted by Gasteiger charge is -2.04. The summed E-state index contributed by atoms with van der Waals surface area (Å²) in [6.07, 6.45) is 11.0. The molecule has 0 N–H and O–H groups in total. The second kappa shape index (κ2) is 10.1. The third-order valence-corrected chi connectivity index (χ3v) is 4.96. The van der Waals surface area contributed by atoms with Crippen molar-refractivity contribution >= 4 is 35.3 Å². The number of para-hydroxylation sites is 1. The summed E-state index contributed by atoms with van der Waals surface area (Å²) in [5.74, 6) is 2.18. The standard InChI is InChI=1S/C17H24N2S2/c20-12-8-4-2-1-3-5-9-13-21-17-15-10-6-7-11-16(15)18-14-19-17/h6-7,10-11,14,20H,1-5,8-9,12-13H2. The van der Waals surface area contributed by atoms with Gasteiger partial charge in [0.2, 0.25) is 0 Å². The van der Waals surface area contributed by atoms with Gasteiger partial charge in [0.1, 0.15) is 11.4 Å². The number of unbranched alkanes of at least 4 members (excludes halogenated alkanes) is 6. The molecule has 0 atom stereocenters. The second-order valence-electron chi connectivity index (χ2n) is 5.24. The lowest BCUT2D eigenvalue weighted by molar-refractivity contribution is 0.605. The van der Waals surface area contributed by atoms with Crippen LogP contribution in [0.5, 0.6) is 0 Å². The van der Waals surface area contributed by atoms with Crippen molar-refractivity contribution in [3.8, 4) is 0 Å². The van der Waals surface area contributed by atoms with Gasteiger partial charge in [0.25, 0.3) is 0 Å². The van der Waals surface area contributed by atoms with Crippen LogP contribution in [0.3, 0.4) is 0 Å². The van der Waals surface area contributed by atoms with E-state index in [4.69, 9.17) is 0 Å². The van der Waals surface area contributed by atoms with Crippen molar-refractivity contribution in [3.05, 3.63) is 30.6 Å². The molecule has 21 heavy (non-hydrogen) atoms. The molecule has 0 amide bonds. The minimum Gasteiger partial charge on any atom is -0.236 e. The van der Waals surface area contributed by atoms with Crippen molar-refractivity contribution in [2.75, 3.05) is 11.5 Å². The Kier molecular flexibility index (Phi) is 7.97. The average molecular weight is 321 g/mol. The first-order chi connectivity index (χ1) is 10.4. The van der Waals surface area contributed by atoms with E-state index in [1.54, 1.807) is 6.33 Å². The Labute approximate surface area is 137 Å². The Morgan fingerprint density at radius 2 is 1.57 bits per heavy atom. The van der Waals surface area contributed by atoms with E-state index in [1.165, 1.54) is 50.3 Å². The Balaban J connectivity index is 1.64. The molecule has 0 aliphatic rings. The largest absolute Gasteiger partial charge is 0.236 e. The van der Waals surface area contributed by atoms with Gasteiger partial charge in [-0.25, -0.2) is 9.97 Å². The van der Waals surface area contributed by atoms with Crippen molar-refractivity contribution in [3.63, 3.8) is 0 Å². The van der Waals surface area contributed by atoms with Gasteiger partial charge in [-0.1, -0.05) is 50.3 Å². The van der Waals surface area contributed by atoms with Crippen molar-refractivity contribution in [2.24, 2.45) is 0 Å². The molecule has 114 valence electrons. The third kappa shape index (κ3) is 5.87. The van der Waals surface area contributed by atoms with Crippen LogP contribution in [-0.4, -0.2) is 21.5 Å². The summed E-state index contributed by atoms with van der Waals surface area (Å²) in [6.45, 7) is 0. The van der Waals surface area contributed by atoms with Crippen LogP contribution in [0, 0.1) is 0 Å². The van der Waals surface area contributed by atoms with E-state index in [2.05, 4.69) is 34.7 Å². The minimum atomic E-state index is 1.03. The first kappa shape index (κ1) is 16.6. The number of benzene rings is 1. The molecule has 0 aliphatic carbocycles. The fourth-order valence-corrected chi connectivity index (χ4v) is 3.58. The highest BCUT2D eigenvalue weighted by molar-refractivity contribution is 7.99. The summed E-state index contributed by atoms with van der Waals surface area (Å²) < 4.78 is 0. The number of rotatable bonds is 10. The van der Waals surface area contributed by atoms with Gasteiger partial charge in [0.05, 0.1) is 5.52 Å². The molecule has 1 aromatic carbocycles. The van der Waals surface area contributed by atoms with E-state index < -0.39 is 0 Å². The number of nitrogens with zero attached hydrogens (tertiary/aromatic N) is 2.